The highest BCUT2D eigenvalue weighted by molar-refractivity contribution is 6.09. The van der Waals surface area contributed by atoms with E-state index in [1.807, 2.05) is 12.1 Å². The number of allylic oxidation sites excluding steroid dienone is 2. The van der Waals surface area contributed by atoms with Crippen LogP contribution >= 0.6 is 0 Å². The van der Waals surface area contributed by atoms with Crippen LogP contribution in [0.5, 0.6) is 0 Å². The zero-order chi connectivity index (χ0) is 23.9. The zero-order valence-electron chi connectivity index (χ0n) is 20.1. The topological polar surface area (TPSA) is 32.0 Å². The Morgan fingerprint density at radius 3 is 2.17 bits per heavy atom. The van der Waals surface area contributed by atoms with E-state index in [9.17, 15) is 5.26 Å². The van der Waals surface area contributed by atoms with Gasteiger partial charge in [0.15, 0.2) is 0 Å². The molecule has 1 aromatic heterocycles. The molecule has 0 spiro atoms. The number of benzene rings is 3. The predicted octanol–water partition coefficient (Wildman–Crippen LogP) is 7.80. The highest BCUT2D eigenvalue weighted by Gasteiger charge is 2.38. The normalized spacial score (nSPS) is 18.6. The number of nitrogens with zero attached hydrogens (tertiary/aromatic N) is 3. The molecule has 2 aliphatic rings. The summed E-state index contributed by atoms with van der Waals surface area (Å²) in [7, 11) is 0. The van der Waals surface area contributed by atoms with Crippen molar-refractivity contribution in [1.82, 2.24) is 4.57 Å². The third-order valence-electron chi connectivity index (χ3n) is 7.44. The Balaban J connectivity index is 1.60. The van der Waals surface area contributed by atoms with E-state index in [0.29, 0.717) is 17.5 Å². The number of fused-ring (bicyclic) bond motifs is 3. The number of anilines is 1. The van der Waals surface area contributed by atoms with E-state index in [4.69, 9.17) is 0 Å². The number of aromatic nitrogens is 1. The summed E-state index contributed by atoms with van der Waals surface area (Å²) in [6.07, 6.45) is 7.44. The lowest BCUT2D eigenvalue weighted by molar-refractivity contribution is 0.461. The van der Waals surface area contributed by atoms with E-state index in [-0.39, 0.29) is 0 Å². The summed E-state index contributed by atoms with van der Waals surface area (Å²) in [6.45, 7) is 4.52. The largest absolute Gasteiger partial charge is 0.337 e. The van der Waals surface area contributed by atoms with Gasteiger partial charge in [-0.3, -0.25) is 0 Å². The standard InChI is InChI=1S/C32H27N3/c1-3-11-29-25(4-2)26-12-5-8-15-30(26)34(29)23-18-22(21-33)19-24(20-23)35-31-16-9-6-13-27(31)28-14-7-10-17-32(28)35/h6-7,9-10,12-20,25,29H,3-4,11H2,1-2H3. The average Bonchev–Trinajstić information content (AvgIpc) is 3.41. The van der Waals surface area contributed by atoms with Crippen LogP contribution in [0.15, 0.2) is 102 Å². The Kier molecular flexibility index (Phi) is 5.20. The number of rotatable bonds is 5. The molecule has 0 saturated heterocycles. The number of hydrogen-bond donors (Lipinski definition) is 0. The van der Waals surface area contributed by atoms with Crippen molar-refractivity contribution in [2.45, 2.75) is 39.2 Å². The van der Waals surface area contributed by atoms with Gasteiger partial charge in [-0.2, -0.15) is 5.26 Å². The van der Waals surface area contributed by atoms with Gasteiger partial charge >= 0.3 is 0 Å². The second-order valence-corrected chi connectivity index (χ2v) is 9.38. The van der Waals surface area contributed by atoms with Crippen LogP contribution in [-0.4, -0.2) is 10.6 Å². The molecule has 0 amide bonds. The Bertz CT molecular complexity index is 1590. The average molecular weight is 454 g/mol. The molecule has 2 unspecified atom stereocenters. The minimum absolute atomic E-state index is 0.351. The van der Waals surface area contributed by atoms with Gasteiger partial charge in [0.05, 0.1) is 28.4 Å². The van der Waals surface area contributed by atoms with Gasteiger partial charge < -0.3 is 9.47 Å². The second-order valence-electron chi connectivity index (χ2n) is 9.38. The maximum atomic E-state index is 10.0. The van der Waals surface area contributed by atoms with Gasteiger partial charge in [-0.15, -0.1) is 0 Å². The zero-order valence-corrected chi connectivity index (χ0v) is 20.1. The van der Waals surface area contributed by atoms with Crippen molar-refractivity contribution >= 4 is 27.5 Å². The molecule has 3 heteroatoms. The second kappa shape index (κ2) is 8.53. The van der Waals surface area contributed by atoms with E-state index < -0.39 is 0 Å². The Morgan fingerprint density at radius 1 is 0.857 bits per heavy atom. The maximum Gasteiger partial charge on any atom is 0.0993 e. The Morgan fingerprint density at radius 2 is 1.51 bits per heavy atom. The van der Waals surface area contributed by atoms with E-state index in [1.165, 1.54) is 22.0 Å². The summed E-state index contributed by atoms with van der Waals surface area (Å²) in [4.78, 5) is 2.45. The molecule has 3 aromatic carbocycles. The van der Waals surface area contributed by atoms with Crippen LogP contribution in [-0.2, 0) is 0 Å². The van der Waals surface area contributed by atoms with Crippen LogP contribution in [0.1, 0.15) is 38.7 Å². The van der Waals surface area contributed by atoms with Gasteiger partial charge in [-0.05, 0) is 54.8 Å². The van der Waals surface area contributed by atoms with Gasteiger partial charge in [-0.25, -0.2) is 0 Å². The van der Waals surface area contributed by atoms with Crippen LogP contribution in [0, 0.1) is 17.2 Å². The number of nitriles is 1. The smallest absolute Gasteiger partial charge is 0.0993 e. The van der Waals surface area contributed by atoms with Gasteiger partial charge in [0.1, 0.15) is 0 Å². The van der Waals surface area contributed by atoms with E-state index >= 15 is 0 Å². The van der Waals surface area contributed by atoms with E-state index in [2.05, 4.69) is 108 Å². The van der Waals surface area contributed by atoms with Crippen molar-refractivity contribution in [3.05, 3.63) is 107 Å². The van der Waals surface area contributed by atoms with Crippen LogP contribution < -0.4 is 4.90 Å². The fraction of sp³-hybridized carbons (Fsp3) is 0.219. The van der Waals surface area contributed by atoms with Crippen molar-refractivity contribution in [2.75, 3.05) is 4.90 Å². The lowest BCUT2D eigenvalue weighted by Crippen LogP contribution is -2.34. The minimum atomic E-state index is 0.351. The maximum absolute atomic E-state index is 10.0. The lowest BCUT2D eigenvalue weighted by Gasteiger charge is -2.32. The molecule has 6 rings (SSSR count). The van der Waals surface area contributed by atoms with Gasteiger partial charge in [-0.1, -0.05) is 68.1 Å². The molecule has 170 valence electrons. The fourth-order valence-corrected chi connectivity index (χ4v) is 6.04. The first-order chi connectivity index (χ1) is 17.2. The predicted molar refractivity (Wildman–Crippen MR) is 144 cm³/mol. The molecule has 0 bridgehead atoms. The first-order valence-corrected chi connectivity index (χ1v) is 12.5. The number of para-hydroxylation sites is 2. The summed E-state index contributed by atoms with van der Waals surface area (Å²) >= 11 is 0. The van der Waals surface area contributed by atoms with Crippen molar-refractivity contribution in [3.8, 4) is 11.8 Å². The van der Waals surface area contributed by atoms with Gasteiger partial charge in [0.25, 0.3) is 0 Å². The molecule has 0 N–H and O–H groups in total. The molecule has 0 fully saturated rings. The monoisotopic (exact) mass is 453 g/mol. The summed E-state index contributed by atoms with van der Waals surface area (Å²) in [5, 5.41) is 12.5. The molecule has 35 heavy (non-hydrogen) atoms. The first kappa shape index (κ1) is 21.3. The molecule has 1 aliphatic heterocycles. The quantitative estimate of drug-likeness (QED) is 0.289. The Labute approximate surface area is 206 Å². The van der Waals surface area contributed by atoms with Crippen molar-refractivity contribution in [1.29, 1.82) is 5.26 Å². The summed E-state index contributed by atoms with van der Waals surface area (Å²) in [5.41, 5.74) is 13.9. The lowest BCUT2D eigenvalue weighted by atomic mass is 9.88. The molecule has 2 heterocycles. The van der Waals surface area contributed by atoms with Gasteiger partial charge in [0, 0.05) is 40.2 Å². The Hall–Kier alpha value is -4.21. The molecule has 2 atom stereocenters. The first-order valence-electron chi connectivity index (χ1n) is 12.5. The van der Waals surface area contributed by atoms with Crippen molar-refractivity contribution in [2.24, 2.45) is 5.92 Å². The highest BCUT2D eigenvalue weighted by Crippen LogP contribution is 2.44. The summed E-state index contributed by atoms with van der Waals surface area (Å²) < 4.78 is 2.29. The van der Waals surface area contributed by atoms with E-state index in [1.54, 1.807) is 0 Å². The third kappa shape index (κ3) is 3.28. The molecule has 0 radical (unpaired) electrons. The molecule has 4 aromatic rings. The van der Waals surface area contributed by atoms with Crippen molar-refractivity contribution in [3.63, 3.8) is 0 Å². The van der Waals surface area contributed by atoms with Crippen LogP contribution in [0.4, 0.5) is 5.69 Å². The molecular formula is C32H27N3. The summed E-state index contributed by atoms with van der Waals surface area (Å²) in [6, 6.07) is 26.1. The summed E-state index contributed by atoms with van der Waals surface area (Å²) in [5.74, 6) is 0.443. The molecule has 1 aliphatic carbocycles. The fourth-order valence-electron chi connectivity index (χ4n) is 6.04. The van der Waals surface area contributed by atoms with Crippen LogP contribution in [0.2, 0.25) is 0 Å². The molecular weight excluding hydrogens is 426 g/mol. The molecule has 0 saturated carbocycles. The number of hydrogen-bond acceptors (Lipinski definition) is 2. The minimum Gasteiger partial charge on any atom is -0.337 e. The van der Waals surface area contributed by atoms with Crippen LogP contribution in [0.3, 0.4) is 0 Å². The van der Waals surface area contributed by atoms with Gasteiger partial charge in [0.2, 0.25) is 0 Å². The highest BCUT2D eigenvalue weighted by atomic mass is 15.2. The third-order valence-corrected chi connectivity index (χ3v) is 7.44. The van der Waals surface area contributed by atoms with Crippen molar-refractivity contribution < 1.29 is 0 Å². The van der Waals surface area contributed by atoms with E-state index in [0.717, 1.165) is 41.7 Å². The van der Waals surface area contributed by atoms with Crippen LogP contribution in [0.25, 0.3) is 27.5 Å². The molecule has 3 nitrogen and oxygen atoms in total. The SMILES string of the molecule is CCCC1C(CC)C2=C(C=C=C=C2)N1c1cc(C#N)cc(-n2c3ccccc3c3ccccc32)c1.